The largest absolute Gasteiger partial charge is 0.494 e. The highest BCUT2D eigenvalue weighted by Gasteiger charge is 2.18. The van der Waals surface area contributed by atoms with Gasteiger partial charge in [0, 0.05) is 17.3 Å². The van der Waals surface area contributed by atoms with Gasteiger partial charge in [0.05, 0.1) is 6.61 Å². The molecule has 0 unspecified atom stereocenters. The van der Waals surface area contributed by atoms with Gasteiger partial charge in [0.15, 0.2) is 0 Å². The van der Waals surface area contributed by atoms with E-state index < -0.39 is 11.9 Å². The summed E-state index contributed by atoms with van der Waals surface area (Å²) in [6, 6.07) is 24.9. The van der Waals surface area contributed by atoms with Crippen LogP contribution >= 0.6 is 0 Å². The van der Waals surface area contributed by atoms with E-state index in [1.807, 2.05) is 24.3 Å². The summed E-state index contributed by atoms with van der Waals surface area (Å²) in [5.41, 5.74) is 3.12. The minimum absolute atomic E-state index is 0.757. The number of benzene rings is 3. The van der Waals surface area contributed by atoms with Crippen molar-refractivity contribution in [2.24, 2.45) is 5.92 Å². The number of likely N-dealkylation sites (tertiary alicyclic amines) is 1. The van der Waals surface area contributed by atoms with Gasteiger partial charge in [-0.3, -0.25) is 4.90 Å². The summed E-state index contributed by atoms with van der Waals surface area (Å²) < 4.78 is 12.0. The van der Waals surface area contributed by atoms with Crippen molar-refractivity contribution >= 4 is 40.0 Å². The molecule has 0 spiro atoms. The third-order valence-corrected chi connectivity index (χ3v) is 6.51. The van der Waals surface area contributed by atoms with Gasteiger partial charge in [-0.2, -0.15) is 0 Å². The minimum atomic E-state index is -1.82. The Morgan fingerprint density at radius 1 is 0.892 bits per heavy atom. The minimum Gasteiger partial charge on any atom is -0.494 e. The van der Waals surface area contributed by atoms with Crippen molar-refractivity contribution in [1.82, 2.24) is 4.90 Å². The lowest BCUT2D eigenvalue weighted by Gasteiger charge is -2.31. The van der Waals surface area contributed by atoms with Gasteiger partial charge in [0.1, 0.15) is 16.9 Å². The van der Waals surface area contributed by atoms with Crippen LogP contribution < -0.4 is 4.74 Å². The molecule has 1 aliphatic rings. The van der Waals surface area contributed by atoms with E-state index >= 15 is 0 Å². The van der Waals surface area contributed by atoms with Crippen molar-refractivity contribution in [1.29, 1.82) is 0 Å². The lowest BCUT2D eigenvalue weighted by atomic mass is 9.94. The summed E-state index contributed by atoms with van der Waals surface area (Å²) in [4.78, 5) is 20.7. The molecule has 0 saturated carbocycles. The first kappa shape index (κ1) is 26.0. The Morgan fingerprint density at radius 2 is 1.57 bits per heavy atom. The molecule has 0 atom stereocenters. The van der Waals surface area contributed by atoms with Crippen LogP contribution in [0.5, 0.6) is 5.75 Å². The van der Waals surface area contributed by atoms with Gasteiger partial charge < -0.3 is 19.4 Å². The number of hydrogen-bond acceptors (Lipinski definition) is 5. The normalized spacial score (nSPS) is 14.5. The zero-order chi connectivity index (χ0) is 26.0. The molecule has 7 nitrogen and oxygen atoms in total. The summed E-state index contributed by atoms with van der Waals surface area (Å²) in [7, 11) is 0. The lowest BCUT2D eigenvalue weighted by molar-refractivity contribution is -0.159. The number of carboxylic acids is 2. The second-order valence-electron chi connectivity index (χ2n) is 9.06. The maximum atomic E-state index is 9.10. The molecule has 3 aromatic carbocycles. The van der Waals surface area contributed by atoms with Gasteiger partial charge >= 0.3 is 11.9 Å². The molecule has 1 saturated heterocycles. The predicted octanol–water partition coefficient (Wildman–Crippen LogP) is 5.94. The summed E-state index contributed by atoms with van der Waals surface area (Å²) in [5, 5.41) is 17.1. The van der Waals surface area contributed by atoms with Crippen LogP contribution in [0.4, 0.5) is 0 Å². The number of hydrogen-bond donors (Lipinski definition) is 2. The van der Waals surface area contributed by atoms with Gasteiger partial charge in [-0.15, -0.1) is 0 Å². The van der Waals surface area contributed by atoms with E-state index in [2.05, 4.69) is 65.6 Å². The van der Waals surface area contributed by atoms with Crippen LogP contribution in [0.25, 0.3) is 28.0 Å². The molecule has 0 amide bonds. The third-order valence-electron chi connectivity index (χ3n) is 6.51. The van der Waals surface area contributed by atoms with Crippen molar-refractivity contribution in [2.75, 3.05) is 26.2 Å². The van der Waals surface area contributed by atoms with Crippen LogP contribution in [0.1, 0.15) is 24.8 Å². The van der Waals surface area contributed by atoms with Crippen molar-refractivity contribution in [3.63, 3.8) is 0 Å². The van der Waals surface area contributed by atoms with E-state index in [9.17, 15) is 0 Å². The summed E-state index contributed by atoms with van der Waals surface area (Å²) in [6.45, 7) is 4.17. The third kappa shape index (κ3) is 7.44. The second kappa shape index (κ2) is 12.7. The first-order valence-electron chi connectivity index (χ1n) is 12.4. The van der Waals surface area contributed by atoms with E-state index in [0.29, 0.717) is 0 Å². The van der Waals surface area contributed by atoms with E-state index in [4.69, 9.17) is 29.0 Å². The molecular weight excluding hydrogens is 470 g/mol. The average Bonchev–Trinajstić information content (AvgIpc) is 3.29. The molecular formula is C30H31NO6. The Morgan fingerprint density at radius 3 is 2.30 bits per heavy atom. The fraction of sp³-hybridized carbons (Fsp3) is 0.267. The van der Waals surface area contributed by atoms with Gasteiger partial charge in [-0.1, -0.05) is 60.7 Å². The number of nitrogens with zero attached hydrogens (tertiary/aromatic N) is 1. The highest BCUT2D eigenvalue weighted by molar-refractivity contribution is 6.27. The Bertz CT molecular complexity index is 1340. The molecule has 1 fully saturated rings. The first-order chi connectivity index (χ1) is 18.0. The summed E-state index contributed by atoms with van der Waals surface area (Å²) >= 11 is 0. The van der Waals surface area contributed by atoms with Gasteiger partial charge in [-0.05, 0) is 68.1 Å². The van der Waals surface area contributed by atoms with Crippen LogP contribution in [0.15, 0.2) is 83.3 Å². The molecule has 37 heavy (non-hydrogen) atoms. The molecule has 2 N–H and O–H groups in total. The maximum absolute atomic E-state index is 9.10. The number of piperidine rings is 1. The van der Waals surface area contributed by atoms with Gasteiger partial charge in [-0.25, -0.2) is 9.59 Å². The fourth-order valence-electron chi connectivity index (χ4n) is 4.50. The van der Waals surface area contributed by atoms with Gasteiger partial charge in [0.2, 0.25) is 0 Å². The van der Waals surface area contributed by atoms with E-state index in [1.54, 1.807) is 0 Å². The monoisotopic (exact) mass is 501 g/mol. The topological polar surface area (TPSA) is 100 Å². The Kier molecular flexibility index (Phi) is 8.94. The molecule has 1 aromatic heterocycles. The SMILES string of the molecule is C(=Cc1ccccc1)CN1CCC(CCOc2ccc3oc4ccccc4c3c2)CC1.O=C(O)C(=O)O. The number of fused-ring (bicyclic) bond motifs is 3. The molecule has 7 heteroatoms. The first-order valence-corrected chi connectivity index (χ1v) is 12.4. The molecule has 0 aliphatic carbocycles. The molecule has 0 bridgehead atoms. The number of carboxylic acid groups (broad SMARTS) is 2. The van der Waals surface area contributed by atoms with Crippen LogP contribution in [0, 0.1) is 5.92 Å². The van der Waals surface area contributed by atoms with Crippen LogP contribution in [0.2, 0.25) is 0 Å². The van der Waals surface area contributed by atoms with Crippen LogP contribution in [-0.4, -0.2) is 53.3 Å². The zero-order valence-corrected chi connectivity index (χ0v) is 20.6. The molecule has 4 aromatic rings. The number of aliphatic carboxylic acids is 2. The maximum Gasteiger partial charge on any atom is 0.414 e. The number of rotatable bonds is 7. The van der Waals surface area contributed by atoms with E-state index in [-0.39, 0.29) is 0 Å². The Labute approximate surface area is 215 Å². The van der Waals surface area contributed by atoms with E-state index in [0.717, 1.165) is 53.2 Å². The fourth-order valence-corrected chi connectivity index (χ4v) is 4.50. The predicted molar refractivity (Wildman–Crippen MR) is 144 cm³/mol. The lowest BCUT2D eigenvalue weighted by Crippen LogP contribution is -2.34. The molecule has 0 radical (unpaired) electrons. The van der Waals surface area contributed by atoms with Crippen LogP contribution in [0.3, 0.4) is 0 Å². The number of carbonyl (C=O) groups is 2. The average molecular weight is 502 g/mol. The molecule has 1 aliphatic heterocycles. The Balaban J connectivity index is 0.000000480. The summed E-state index contributed by atoms with van der Waals surface area (Å²) in [6.07, 6.45) is 8.15. The van der Waals surface area contributed by atoms with Gasteiger partial charge in [0.25, 0.3) is 0 Å². The number of para-hydroxylation sites is 1. The highest BCUT2D eigenvalue weighted by Crippen LogP contribution is 2.31. The van der Waals surface area contributed by atoms with E-state index in [1.165, 1.54) is 31.5 Å². The van der Waals surface area contributed by atoms with Crippen LogP contribution in [-0.2, 0) is 9.59 Å². The standard InChI is InChI=1S/C28H29NO2.C2H2O4/c1-2-7-22(8-3-1)9-6-17-29-18-14-23(15-19-29)16-20-30-24-12-13-28-26(21-24)25-10-4-5-11-27(25)31-28;3-1(4)2(5)6/h1-13,21,23H,14-20H2;(H,3,4)(H,5,6). The molecule has 5 rings (SSSR count). The van der Waals surface area contributed by atoms with Crippen molar-refractivity contribution in [2.45, 2.75) is 19.3 Å². The smallest absolute Gasteiger partial charge is 0.414 e. The quantitative estimate of drug-likeness (QED) is 0.303. The summed E-state index contributed by atoms with van der Waals surface area (Å²) in [5.74, 6) is -1.96. The number of ether oxygens (including phenoxy) is 1. The highest BCUT2D eigenvalue weighted by atomic mass is 16.5. The second-order valence-corrected chi connectivity index (χ2v) is 9.06. The Hall–Kier alpha value is -4.10. The number of furan rings is 1. The van der Waals surface area contributed by atoms with Crippen molar-refractivity contribution in [3.8, 4) is 5.75 Å². The zero-order valence-electron chi connectivity index (χ0n) is 20.6. The molecule has 2 heterocycles. The van der Waals surface area contributed by atoms with Crippen molar-refractivity contribution < 1.29 is 29.0 Å². The van der Waals surface area contributed by atoms with Crippen molar-refractivity contribution in [3.05, 3.63) is 84.4 Å². The molecule has 192 valence electrons.